The van der Waals surface area contributed by atoms with Gasteiger partial charge in [-0.05, 0) is 39.3 Å². The van der Waals surface area contributed by atoms with Gasteiger partial charge in [0.2, 0.25) is 17.2 Å². The number of oxime groups is 1. The van der Waals surface area contributed by atoms with Gasteiger partial charge >= 0.3 is 5.97 Å². The van der Waals surface area contributed by atoms with Crippen LogP contribution in [0.2, 0.25) is 5.28 Å². The number of carbonyl (C=O) groups is 1. The quantitative estimate of drug-likeness (QED) is 0.437. The number of carboxylic acid groups (broad SMARTS) is 1. The van der Waals surface area contributed by atoms with Gasteiger partial charge < -0.3 is 20.6 Å². The molecule has 1 aromatic heterocycles. The highest BCUT2D eigenvalue weighted by Crippen LogP contribution is 2.41. The number of halogens is 1. The first-order chi connectivity index (χ1) is 16.6. The van der Waals surface area contributed by atoms with Gasteiger partial charge in [0.1, 0.15) is 0 Å². The van der Waals surface area contributed by atoms with Crippen molar-refractivity contribution in [3.63, 3.8) is 0 Å². The summed E-state index contributed by atoms with van der Waals surface area (Å²) >= 11 is 5.77. The van der Waals surface area contributed by atoms with Crippen LogP contribution in [0, 0.1) is 0 Å². The van der Waals surface area contributed by atoms with E-state index in [2.05, 4.69) is 30.7 Å². The number of anilines is 2. The Morgan fingerprint density at radius 3 is 2.00 bits per heavy atom. The molecular formula is C25H29ClN6O3. The zero-order chi connectivity index (χ0) is 25.5. The Bertz CT molecular complexity index is 1130. The van der Waals surface area contributed by atoms with Gasteiger partial charge in [-0.3, -0.25) is 0 Å². The second kappa shape index (κ2) is 11.1. The smallest absolute Gasteiger partial charge is 0.353 e. The second-order valence-electron chi connectivity index (χ2n) is 8.83. The van der Waals surface area contributed by atoms with Crippen molar-refractivity contribution in [1.82, 2.24) is 15.0 Å². The summed E-state index contributed by atoms with van der Waals surface area (Å²) in [6.45, 7) is 8.79. The van der Waals surface area contributed by atoms with E-state index >= 15 is 0 Å². The molecule has 0 unspecified atom stereocenters. The first-order valence-electron chi connectivity index (χ1n) is 11.2. The van der Waals surface area contributed by atoms with Crippen LogP contribution in [0.25, 0.3) is 0 Å². The van der Waals surface area contributed by atoms with Crippen LogP contribution in [0.4, 0.5) is 11.9 Å². The van der Waals surface area contributed by atoms with Crippen molar-refractivity contribution in [2.75, 3.05) is 17.2 Å². The standard InChI is InChI=1S/C16H13NO3.C9H16ClN5/c18-15(19)14-11-16(20-17-14,12-7-3-1-4-8-12)13-9-5-2-6-10-13;1-5-11-7-12-6(10)13-8(14-7)15-9(2,3)4/h1-10H,11H2,(H,18,19);5H2,1-4H3,(H2,11,12,13,14,15). The van der Waals surface area contributed by atoms with Crippen molar-refractivity contribution in [3.8, 4) is 0 Å². The zero-order valence-electron chi connectivity index (χ0n) is 20.1. The predicted molar refractivity (Wildman–Crippen MR) is 137 cm³/mol. The summed E-state index contributed by atoms with van der Waals surface area (Å²) < 4.78 is 0. The lowest BCUT2D eigenvalue weighted by molar-refractivity contribution is -0.129. The Morgan fingerprint density at radius 1 is 1.00 bits per heavy atom. The van der Waals surface area contributed by atoms with Gasteiger partial charge in [-0.2, -0.15) is 15.0 Å². The maximum atomic E-state index is 11.1. The summed E-state index contributed by atoms with van der Waals surface area (Å²) in [7, 11) is 0. The molecule has 0 aliphatic carbocycles. The number of carboxylic acids is 1. The second-order valence-corrected chi connectivity index (χ2v) is 9.17. The molecule has 0 atom stereocenters. The number of benzene rings is 2. The number of hydrogen-bond donors (Lipinski definition) is 3. The SMILES string of the molecule is CCNc1nc(Cl)nc(NC(C)(C)C)n1.O=C(O)C1=NOC(c2ccccc2)(c2ccccc2)C1. The molecule has 2 heterocycles. The molecule has 0 spiro atoms. The van der Waals surface area contributed by atoms with Crippen LogP contribution in [0.3, 0.4) is 0 Å². The van der Waals surface area contributed by atoms with Crippen LogP contribution in [-0.4, -0.2) is 43.8 Å². The third-order valence-electron chi connectivity index (χ3n) is 4.88. The highest BCUT2D eigenvalue weighted by Gasteiger charge is 2.44. The third kappa shape index (κ3) is 6.89. The summed E-state index contributed by atoms with van der Waals surface area (Å²) in [4.78, 5) is 28.9. The fraction of sp³-hybridized carbons (Fsp3) is 0.320. The molecule has 9 nitrogen and oxygen atoms in total. The van der Waals surface area contributed by atoms with Crippen molar-refractivity contribution in [1.29, 1.82) is 0 Å². The first kappa shape index (κ1) is 25.9. The molecule has 10 heteroatoms. The van der Waals surface area contributed by atoms with Gasteiger partial charge in [-0.15, -0.1) is 0 Å². The van der Waals surface area contributed by atoms with Crippen LogP contribution < -0.4 is 10.6 Å². The van der Waals surface area contributed by atoms with E-state index in [9.17, 15) is 4.79 Å². The van der Waals surface area contributed by atoms with Gasteiger partial charge in [0.25, 0.3) is 0 Å². The van der Waals surface area contributed by atoms with Gasteiger partial charge in [0.05, 0.1) is 6.42 Å². The molecule has 35 heavy (non-hydrogen) atoms. The Hall–Kier alpha value is -3.72. The van der Waals surface area contributed by atoms with Crippen LogP contribution in [0.15, 0.2) is 65.8 Å². The molecule has 0 radical (unpaired) electrons. The van der Waals surface area contributed by atoms with Gasteiger partial charge in [0, 0.05) is 23.2 Å². The summed E-state index contributed by atoms with van der Waals surface area (Å²) in [6.07, 6.45) is 0.219. The number of nitrogens with one attached hydrogen (secondary N) is 2. The molecule has 0 saturated carbocycles. The average Bonchev–Trinajstić information content (AvgIpc) is 3.27. The summed E-state index contributed by atoms with van der Waals surface area (Å²) in [6, 6.07) is 19.1. The number of hydrogen-bond acceptors (Lipinski definition) is 8. The van der Waals surface area contributed by atoms with E-state index in [0.29, 0.717) is 11.9 Å². The molecule has 0 bridgehead atoms. The molecule has 0 amide bonds. The van der Waals surface area contributed by atoms with E-state index in [4.69, 9.17) is 21.5 Å². The third-order valence-corrected chi connectivity index (χ3v) is 5.05. The number of rotatable bonds is 6. The van der Waals surface area contributed by atoms with Crippen molar-refractivity contribution >= 4 is 35.2 Å². The van der Waals surface area contributed by atoms with E-state index in [1.807, 2.05) is 88.4 Å². The lowest BCUT2D eigenvalue weighted by Crippen LogP contribution is -2.29. The fourth-order valence-corrected chi connectivity index (χ4v) is 3.58. The average molecular weight is 497 g/mol. The lowest BCUT2D eigenvalue weighted by Gasteiger charge is -2.27. The van der Waals surface area contributed by atoms with Gasteiger partial charge in [-0.1, -0.05) is 65.8 Å². The molecule has 1 aliphatic rings. The minimum atomic E-state index is -1.04. The van der Waals surface area contributed by atoms with Gasteiger partial charge in [-0.25, -0.2) is 4.79 Å². The highest BCUT2D eigenvalue weighted by atomic mass is 35.5. The highest BCUT2D eigenvalue weighted by molar-refractivity contribution is 6.36. The summed E-state index contributed by atoms with van der Waals surface area (Å²) in [5, 5.41) is 19.2. The van der Waals surface area contributed by atoms with Crippen molar-refractivity contribution in [2.45, 2.75) is 45.3 Å². The van der Waals surface area contributed by atoms with Crippen molar-refractivity contribution in [3.05, 3.63) is 77.1 Å². The lowest BCUT2D eigenvalue weighted by atomic mass is 9.82. The Morgan fingerprint density at radius 2 is 1.54 bits per heavy atom. The van der Waals surface area contributed by atoms with E-state index in [-0.39, 0.29) is 23.0 Å². The van der Waals surface area contributed by atoms with Crippen LogP contribution in [0.5, 0.6) is 0 Å². The molecule has 184 valence electrons. The first-order valence-corrected chi connectivity index (χ1v) is 11.5. The number of aromatic nitrogens is 3. The maximum absolute atomic E-state index is 11.1. The van der Waals surface area contributed by atoms with Crippen LogP contribution >= 0.6 is 11.6 Å². The Labute approximate surface area is 209 Å². The van der Waals surface area contributed by atoms with E-state index in [1.54, 1.807) is 0 Å². The molecule has 0 saturated heterocycles. The summed E-state index contributed by atoms with van der Waals surface area (Å²) in [5.74, 6) is -0.0681. The molecule has 1 aliphatic heterocycles. The van der Waals surface area contributed by atoms with Crippen molar-refractivity contribution in [2.24, 2.45) is 5.16 Å². The topological polar surface area (TPSA) is 122 Å². The molecule has 4 rings (SSSR count). The normalized spacial score (nSPS) is 14.1. The van der Waals surface area contributed by atoms with Crippen LogP contribution in [-0.2, 0) is 15.2 Å². The van der Waals surface area contributed by atoms with E-state index in [1.165, 1.54) is 0 Å². The van der Waals surface area contributed by atoms with E-state index in [0.717, 1.165) is 17.7 Å². The number of nitrogens with zero attached hydrogens (tertiary/aromatic N) is 4. The maximum Gasteiger partial charge on any atom is 0.353 e. The summed E-state index contributed by atoms with van der Waals surface area (Å²) in [5.41, 5.74) is 0.875. The molecular weight excluding hydrogens is 468 g/mol. The van der Waals surface area contributed by atoms with E-state index < -0.39 is 11.6 Å². The largest absolute Gasteiger partial charge is 0.477 e. The zero-order valence-corrected chi connectivity index (χ0v) is 20.9. The molecule has 0 fully saturated rings. The van der Waals surface area contributed by atoms with Crippen molar-refractivity contribution < 1.29 is 14.7 Å². The molecule has 2 aromatic carbocycles. The molecule has 3 N–H and O–H groups in total. The Balaban J connectivity index is 0.000000205. The predicted octanol–water partition coefficient (Wildman–Crippen LogP) is 4.96. The van der Waals surface area contributed by atoms with Crippen LogP contribution in [0.1, 0.15) is 45.2 Å². The fourth-order valence-electron chi connectivity index (χ4n) is 3.42. The molecule has 3 aromatic rings. The minimum Gasteiger partial charge on any atom is -0.477 e. The van der Waals surface area contributed by atoms with Gasteiger partial charge in [0.15, 0.2) is 11.3 Å². The number of aliphatic carboxylic acids is 1. The minimum absolute atomic E-state index is 0.0395. The monoisotopic (exact) mass is 496 g/mol. The Kier molecular flexibility index (Phi) is 8.24.